The van der Waals surface area contributed by atoms with Crippen LogP contribution < -0.4 is 0 Å². The van der Waals surface area contributed by atoms with Crippen molar-refractivity contribution in [2.45, 2.75) is 58.0 Å². The van der Waals surface area contributed by atoms with E-state index in [1.807, 2.05) is 0 Å². The highest BCUT2D eigenvalue weighted by Crippen LogP contribution is 2.13. The number of unbranched alkanes of at least 4 members (excludes halogenated alkanes) is 5. The van der Waals surface area contributed by atoms with Gasteiger partial charge >= 0.3 is 0 Å². The third kappa shape index (κ3) is 5.43. The van der Waals surface area contributed by atoms with Crippen LogP contribution in [0.4, 0.5) is 0 Å². The van der Waals surface area contributed by atoms with Gasteiger partial charge in [0.25, 0.3) is 0 Å². The van der Waals surface area contributed by atoms with Gasteiger partial charge in [0.15, 0.2) is 0 Å². The standard InChI is InChI=1S/C13H23O/c1-2-3-4-5-6-9-12-14-13-10-7-8-11-13/h7-8,10,13H,2-6,9,11-12H2,1H3. The highest BCUT2D eigenvalue weighted by atomic mass is 16.5. The van der Waals surface area contributed by atoms with Gasteiger partial charge in [-0.25, -0.2) is 0 Å². The summed E-state index contributed by atoms with van der Waals surface area (Å²) in [4.78, 5) is 0. The van der Waals surface area contributed by atoms with Crippen molar-refractivity contribution in [1.82, 2.24) is 0 Å². The molecule has 0 aliphatic heterocycles. The minimum absolute atomic E-state index is 0.380. The van der Waals surface area contributed by atoms with Crippen LogP contribution in [0.25, 0.3) is 0 Å². The topological polar surface area (TPSA) is 9.23 Å². The molecule has 0 amide bonds. The molecule has 1 heteroatoms. The fraction of sp³-hybridized carbons (Fsp3) is 0.769. The molecule has 81 valence electrons. The molecule has 0 fully saturated rings. The summed E-state index contributed by atoms with van der Waals surface area (Å²) in [5.41, 5.74) is 0. The number of hydrogen-bond acceptors (Lipinski definition) is 1. The minimum Gasteiger partial charge on any atom is -0.377 e. The number of ether oxygens (including phenoxy) is 1. The van der Waals surface area contributed by atoms with Gasteiger partial charge < -0.3 is 4.74 Å². The van der Waals surface area contributed by atoms with E-state index in [0.29, 0.717) is 6.10 Å². The second kappa shape index (κ2) is 8.05. The van der Waals surface area contributed by atoms with E-state index in [1.54, 1.807) is 0 Å². The molecular formula is C13H23O. The van der Waals surface area contributed by atoms with Gasteiger partial charge in [-0.3, -0.25) is 0 Å². The van der Waals surface area contributed by atoms with Crippen LogP contribution in [-0.2, 0) is 4.74 Å². The summed E-state index contributed by atoms with van der Waals surface area (Å²) in [5.74, 6) is 0. The fourth-order valence-corrected chi connectivity index (χ4v) is 1.73. The van der Waals surface area contributed by atoms with E-state index < -0.39 is 0 Å². The van der Waals surface area contributed by atoms with E-state index in [-0.39, 0.29) is 0 Å². The molecule has 1 unspecified atom stereocenters. The first kappa shape index (κ1) is 11.8. The van der Waals surface area contributed by atoms with Gasteiger partial charge in [-0.15, -0.1) is 0 Å². The van der Waals surface area contributed by atoms with E-state index in [9.17, 15) is 0 Å². The van der Waals surface area contributed by atoms with Gasteiger partial charge in [0.1, 0.15) is 0 Å². The molecule has 0 bridgehead atoms. The Morgan fingerprint density at radius 2 is 1.93 bits per heavy atom. The van der Waals surface area contributed by atoms with Crippen LogP contribution in [0.3, 0.4) is 0 Å². The maximum absolute atomic E-state index is 5.69. The molecule has 1 atom stereocenters. The summed E-state index contributed by atoms with van der Waals surface area (Å²) >= 11 is 0. The molecule has 0 aromatic carbocycles. The third-order valence-corrected chi connectivity index (χ3v) is 2.66. The Kier molecular flexibility index (Phi) is 6.77. The van der Waals surface area contributed by atoms with Crippen LogP contribution in [0.15, 0.2) is 12.2 Å². The van der Waals surface area contributed by atoms with Crippen molar-refractivity contribution < 1.29 is 4.74 Å². The average Bonchev–Trinajstić information content (AvgIpc) is 2.69. The summed E-state index contributed by atoms with van der Waals surface area (Å²) in [7, 11) is 0. The lowest BCUT2D eigenvalue weighted by Crippen LogP contribution is -2.09. The van der Waals surface area contributed by atoms with Crippen LogP contribution in [0, 0.1) is 6.42 Å². The highest BCUT2D eigenvalue weighted by Gasteiger charge is 2.09. The molecule has 1 aliphatic carbocycles. The molecule has 1 rings (SSSR count). The molecule has 1 aliphatic rings. The van der Waals surface area contributed by atoms with Gasteiger partial charge in [-0.1, -0.05) is 51.2 Å². The molecule has 0 spiro atoms. The van der Waals surface area contributed by atoms with Crippen LogP contribution in [0.2, 0.25) is 0 Å². The largest absolute Gasteiger partial charge is 0.377 e. The van der Waals surface area contributed by atoms with E-state index in [4.69, 9.17) is 4.74 Å². The summed E-state index contributed by atoms with van der Waals surface area (Å²) in [6.07, 6.45) is 15.9. The Labute approximate surface area is 88.5 Å². The lowest BCUT2D eigenvalue weighted by molar-refractivity contribution is 0.0797. The Morgan fingerprint density at radius 3 is 2.64 bits per heavy atom. The van der Waals surface area contributed by atoms with E-state index in [2.05, 4.69) is 25.5 Å². The monoisotopic (exact) mass is 195 g/mol. The number of rotatable bonds is 8. The summed E-state index contributed by atoms with van der Waals surface area (Å²) < 4.78 is 5.69. The lowest BCUT2D eigenvalue weighted by atomic mass is 10.1. The van der Waals surface area contributed by atoms with Gasteiger partial charge in [0, 0.05) is 13.0 Å². The zero-order valence-corrected chi connectivity index (χ0v) is 9.37. The van der Waals surface area contributed by atoms with Crippen LogP contribution >= 0.6 is 0 Å². The minimum atomic E-state index is 0.380. The van der Waals surface area contributed by atoms with Crippen LogP contribution in [-0.4, -0.2) is 12.7 Å². The first-order valence-corrected chi connectivity index (χ1v) is 6.05. The smallest absolute Gasteiger partial charge is 0.0678 e. The van der Waals surface area contributed by atoms with Crippen molar-refractivity contribution in [3.8, 4) is 0 Å². The second-order valence-electron chi connectivity index (χ2n) is 4.03. The molecule has 0 aromatic heterocycles. The Morgan fingerprint density at radius 1 is 1.14 bits per heavy atom. The number of hydrogen-bond donors (Lipinski definition) is 0. The van der Waals surface area contributed by atoms with Crippen LogP contribution in [0.5, 0.6) is 0 Å². The molecule has 14 heavy (non-hydrogen) atoms. The Hall–Kier alpha value is -0.300. The van der Waals surface area contributed by atoms with Gasteiger partial charge in [0.05, 0.1) is 6.10 Å². The van der Waals surface area contributed by atoms with E-state index in [0.717, 1.165) is 13.0 Å². The summed E-state index contributed by atoms with van der Waals surface area (Å²) in [6.45, 7) is 3.20. The molecule has 0 aromatic rings. The average molecular weight is 195 g/mol. The van der Waals surface area contributed by atoms with Crippen molar-refractivity contribution in [2.24, 2.45) is 0 Å². The molecular weight excluding hydrogens is 172 g/mol. The predicted octanol–water partition coefficient (Wildman–Crippen LogP) is 3.90. The van der Waals surface area contributed by atoms with Crippen molar-refractivity contribution in [3.05, 3.63) is 18.6 Å². The first-order valence-electron chi connectivity index (χ1n) is 6.05. The van der Waals surface area contributed by atoms with Crippen LogP contribution in [0.1, 0.15) is 51.9 Å². The van der Waals surface area contributed by atoms with Gasteiger partial charge in [-0.05, 0) is 12.8 Å². The normalized spacial score (nSPS) is 16.6. The second-order valence-corrected chi connectivity index (χ2v) is 4.03. The Bertz CT molecular complexity index is 143. The molecule has 1 radical (unpaired) electrons. The quantitative estimate of drug-likeness (QED) is 0.534. The molecule has 0 saturated heterocycles. The molecule has 0 heterocycles. The zero-order chi connectivity index (χ0) is 10.1. The molecule has 0 saturated carbocycles. The zero-order valence-electron chi connectivity index (χ0n) is 9.37. The SMILES string of the molecule is CCCCCCCCOC1[CH]C=CC1. The summed E-state index contributed by atoms with van der Waals surface area (Å²) in [6, 6.07) is 0. The lowest BCUT2D eigenvalue weighted by Gasteiger charge is -2.10. The summed E-state index contributed by atoms with van der Waals surface area (Å²) in [5, 5.41) is 0. The predicted molar refractivity (Wildman–Crippen MR) is 61.2 cm³/mol. The van der Waals surface area contributed by atoms with Crippen molar-refractivity contribution in [3.63, 3.8) is 0 Å². The van der Waals surface area contributed by atoms with E-state index in [1.165, 1.54) is 38.5 Å². The van der Waals surface area contributed by atoms with E-state index >= 15 is 0 Å². The van der Waals surface area contributed by atoms with Gasteiger partial charge in [-0.2, -0.15) is 0 Å². The fourth-order valence-electron chi connectivity index (χ4n) is 1.73. The first-order chi connectivity index (χ1) is 6.93. The third-order valence-electron chi connectivity index (χ3n) is 2.66. The van der Waals surface area contributed by atoms with Crippen molar-refractivity contribution in [1.29, 1.82) is 0 Å². The maximum Gasteiger partial charge on any atom is 0.0678 e. The molecule has 1 nitrogen and oxygen atoms in total. The maximum atomic E-state index is 5.69. The highest BCUT2D eigenvalue weighted by molar-refractivity contribution is 5.08. The molecule has 0 N–H and O–H groups in total. The Balaban J connectivity index is 1.75. The van der Waals surface area contributed by atoms with Crippen molar-refractivity contribution in [2.75, 3.05) is 6.61 Å². The van der Waals surface area contributed by atoms with Crippen molar-refractivity contribution >= 4 is 0 Å². The van der Waals surface area contributed by atoms with Gasteiger partial charge in [0.2, 0.25) is 0 Å².